The van der Waals surface area contributed by atoms with E-state index < -0.39 is 0 Å². The fraction of sp³-hybridized carbons (Fsp3) is 0.364. The molecule has 1 fully saturated rings. The van der Waals surface area contributed by atoms with E-state index in [4.69, 9.17) is 0 Å². The Kier molecular flexibility index (Phi) is 6.47. The number of halogens is 1. The van der Waals surface area contributed by atoms with Gasteiger partial charge < -0.3 is 15.2 Å². The van der Waals surface area contributed by atoms with Gasteiger partial charge in [0.1, 0.15) is 23.0 Å². The third-order valence-electron chi connectivity index (χ3n) is 5.68. The number of hydrogen-bond acceptors (Lipinski definition) is 6. The van der Waals surface area contributed by atoms with Crippen molar-refractivity contribution in [3.05, 3.63) is 60.1 Å². The molecular formula is C22H25FN8O. The molecular weight excluding hydrogens is 411 g/mol. The lowest BCUT2D eigenvalue weighted by Gasteiger charge is -2.35. The van der Waals surface area contributed by atoms with E-state index in [-0.39, 0.29) is 23.7 Å². The molecule has 1 aromatic carbocycles. The molecule has 1 aliphatic heterocycles. The zero-order valence-corrected chi connectivity index (χ0v) is 17.8. The summed E-state index contributed by atoms with van der Waals surface area (Å²) in [6.07, 6.45) is 5.83. The number of anilines is 2. The molecule has 0 saturated carbocycles. The van der Waals surface area contributed by atoms with Gasteiger partial charge in [-0.2, -0.15) is 10.4 Å². The van der Waals surface area contributed by atoms with Crippen molar-refractivity contribution in [2.24, 2.45) is 5.92 Å². The molecule has 0 aliphatic carbocycles. The number of imidazole rings is 1. The average Bonchev–Trinajstić information content (AvgIpc) is 3.45. The lowest BCUT2D eigenvalue weighted by molar-refractivity contribution is 0.0872. The SMILES string of the molecule is CCn1ccnc1CN1CCC(C#N)C(NC(=O)c2cn[nH]c2Nc2ccc(F)cc2)C1. The summed E-state index contributed by atoms with van der Waals surface area (Å²) in [6.45, 7) is 4.89. The van der Waals surface area contributed by atoms with Gasteiger partial charge in [0.05, 0.1) is 30.8 Å². The number of hydrogen-bond donors (Lipinski definition) is 3. The molecule has 0 bridgehead atoms. The first-order chi connectivity index (χ1) is 15.6. The van der Waals surface area contributed by atoms with Crippen LogP contribution in [0.1, 0.15) is 29.5 Å². The Bertz CT molecular complexity index is 1100. The average molecular weight is 436 g/mol. The van der Waals surface area contributed by atoms with Crippen molar-refractivity contribution in [2.75, 3.05) is 18.4 Å². The number of H-pyrrole nitrogens is 1. The molecule has 1 amide bonds. The van der Waals surface area contributed by atoms with Gasteiger partial charge in [0, 0.05) is 37.7 Å². The van der Waals surface area contributed by atoms with Gasteiger partial charge in [0.15, 0.2) is 0 Å². The van der Waals surface area contributed by atoms with Crippen molar-refractivity contribution >= 4 is 17.4 Å². The van der Waals surface area contributed by atoms with Crippen molar-refractivity contribution < 1.29 is 9.18 Å². The summed E-state index contributed by atoms with van der Waals surface area (Å²) in [5.74, 6) is 0.421. The molecule has 1 aliphatic rings. The van der Waals surface area contributed by atoms with Gasteiger partial charge in [0.25, 0.3) is 5.91 Å². The van der Waals surface area contributed by atoms with E-state index in [1.54, 1.807) is 18.3 Å². The highest BCUT2D eigenvalue weighted by Gasteiger charge is 2.32. The number of likely N-dealkylation sites (tertiary alicyclic amines) is 1. The Balaban J connectivity index is 1.43. The van der Waals surface area contributed by atoms with Crippen molar-refractivity contribution in [3.8, 4) is 6.07 Å². The van der Waals surface area contributed by atoms with Crippen LogP contribution in [0.15, 0.2) is 42.9 Å². The third-order valence-corrected chi connectivity index (χ3v) is 5.68. The summed E-state index contributed by atoms with van der Waals surface area (Å²) in [7, 11) is 0. The molecule has 0 radical (unpaired) electrons. The van der Waals surface area contributed by atoms with Crippen LogP contribution in [0, 0.1) is 23.1 Å². The normalized spacial score (nSPS) is 18.8. The molecule has 3 N–H and O–H groups in total. The van der Waals surface area contributed by atoms with E-state index in [0.29, 0.717) is 36.6 Å². The maximum atomic E-state index is 13.1. The number of aromatic amines is 1. The summed E-state index contributed by atoms with van der Waals surface area (Å²) in [5, 5.41) is 22.4. The van der Waals surface area contributed by atoms with Crippen LogP contribution >= 0.6 is 0 Å². The topological polar surface area (TPSA) is 115 Å². The quantitative estimate of drug-likeness (QED) is 0.525. The standard InChI is InChI=1S/C22H25FN8O/c1-2-31-10-8-25-20(31)14-30-9-7-15(11-24)19(13-30)28-22(32)18-12-26-29-21(18)27-17-5-3-16(23)4-6-17/h3-6,8,10,12,15,19H,2,7,9,13-14H2,1H3,(H,28,32)(H2,26,27,29). The van der Waals surface area contributed by atoms with Gasteiger partial charge in [-0.25, -0.2) is 9.37 Å². The van der Waals surface area contributed by atoms with Crippen molar-refractivity contribution in [3.63, 3.8) is 0 Å². The lowest BCUT2D eigenvalue weighted by atomic mass is 9.92. The van der Waals surface area contributed by atoms with E-state index in [2.05, 4.69) is 48.3 Å². The molecule has 2 atom stereocenters. The fourth-order valence-electron chi connectivity index (χ4n) is 3.92. The number of amides is 1. The van der Waals surface area contributed by atoms with Gasteiger partial charge in [-0.3, -0.25) is 14.8 Å². The number of carbonyl (C=O) groups excluding carboxylic acids is 1. The molecule has 2 aromatic heterocycles. The van der Waals surface area contributed by atoms with Crippen LogP contribution in [-0.4, -0.2) is 49.7 Å². The Morgan fingerprint density at radius 1 is 1.38 bits per heavy atom. The molecule has 2 unspecified atom stereocenters. The summed E-state index contributed by atoms with van der Waals surface area (Å²) in [6, 6.07) is 7.81. The van der Waals surface area contributed by atoms with Crippen LogP contribution in [0.3, 0.4) is 0 Å². The predicted octanol–water partition coefficient (Wildman–Crippen LogP) is 2.65. The van der Waals surface area contributed by atoms with Crippen molar-refractivity contribution in [1.29, 1.82) is 5.26 Å². The molecule has 166 valence electrons. The van der Waals surface area contributed by atoms with Crippen molar-refractivity contribution in [1.82, 2.24) is 30.0 Å². The first-order valence-corrected chi connectivity index (χ1v) is 10.6. The monoisotopic (exact) mass is 436 g/mol. The van der Waals surface area contributed by atoms with Gasteiger partial charge >= 0.3 is 0 Å². The van der Waals surface area contributed by atoms with Gasteiger partial charge in [-0.1, -0.05) is 0 Å². The number of rotatable bonds is 7. The molecule has 32 heavy (non-hydrogen) atoms. The van der Waals surface area contributed by atoms with E-state index >= 15 is 0 Å². The minimum absolute atomic E-state index is 0.276. The molecule has 9 nitrogen and oxygen atoms in total. The predicted molar refractivity (Wildman–Crippen MR) is 116 cm³/mol. The van der Waals surface area contributed by atoms with E-state index in [0.717, 1.165) is 18.9 Å². The summed E-state index contributed by atoms with van der Waals surface area (Å²) in [5.41, 5.74) is 0.944. The molecule has 0 spiro atoms. The maximum Gasteiger partial charge on any atom is 0.256 e. The van der Waals surface area contributed by atoms with Gasteiger partial charge in [0.2, 0.25) is 0 Å². The second kappa shape index (κ2) is 9.62. The third kappa shape index (κ3) is 4.78. The number of carbonyl (C=O) groups is 1. The zero-order valence-electron chi connectivity index (χ0n) is 17.8. The first-order valence-electron chi connectivity index (χ1n) is 10.6. The van der Waals surface area contributed by atoms with Gasteiger partial charge in [-0.15, -0.1) is 0 Å². The molecule has 1 saturated heterocycles. The molecule has 10 heteroatoms. The minimum Gasteiger partial charge on any atom is -0.347 e. The largest absolute Gasteiger partial charge is 0.347 e. The number of benzene rings is 1. The van der Waals surface area contributed by atoms with Crippen LogP contribution in [0.25, 0.3) is 0 Å². The van der Waals surface area contributed by atoms with E-state index in [1.165, 1.54) is 18.3 Å². The molecule has 3 aromatic rings. The molecule has 4 rings (SSSR count). The zero-order chi connectivity index (χ0) is 22.5. The Labute approximate surface area is 185 Å². The van der Waals surface area contributed by atoms with Crippen molar-refractivity contribution in [2.45, 2.75) is 32.5 Å². The highest BCUT2D eigenvalue weighted by Crippen LogP contribution is 2.22. The Morgan fingerprint density at radius 3 is 2.94 bits per heavy atom. The summed E-state index contributed by atoms with van der Waals surface area (Å²) < 4.78 is 15.2. The van der Waals surface area contributed by atoms with Crippen LogP contribution in [0.4, 0.5) is 15.9 Å². The fourth-order valence-corrected chi connectivity index (χ4v) is 3.92. The highest BCUT2D eigenvalue weighted by atomic mass is 19.1. The highest BCUT2D eigenvalue weighted by molar-refractivity contribution is 5.99. The van der Waals surface area contributed by atoms with Crippen LogP contribution in [0.2, 0.25) is 0 Å². The van der Waals surface area contributed by atoms with E-state index in [1.807, 2.05) is 6.20 Å². The number of piperidine rings is 1. The second-order valence-corrected chi connectivity index (χ2v) is 7.76. The van der Waals surface area contributed by atoms with Crippen LogP contribution < -0.4 is 10.6 Å². The molecule has 3 heterocycles. The van der Waals surface area contributed by atoms with Gasteiger partial charge in [-0.05, 0) is 37.6 Å². The Hall–Kier alpha value is -3.71. The lowest BCUT2D eigenvalue weighted by Crippen LogP contribution is -2.52. The number of nitriles is 1. The summed E-state index contributed by atoms with van der Waals surface area (Å²) >= 11 is 0. The number of aryl methyl sites for hydroxylation is 1. The second-order valence-electron chi connectivity index (χ2n) is 7.76. The van der Waals surface area contributed by atoms with Crippen LogP contribution in [0.5, 0.6) is 0 Å². The Morgan fingerprint density at radius 2 is 2.19 bits per heavy atom. The number of nitrogens with zero attached hydrogens (tertiary/aromatic N) is 5. The minimum atomic E-state index is -0.344. The number of nitrogens with one attached hydrogen (secondary N) is 3. The maximum absolute atomic E-state index is 13.1. The smallest absolute Gasteiger partial charge is 0.256 e. The number of aromatic nitrogens is 4. The van der Waals surface area contributed by atoms with Crippen LogP contribution in [-0.2, 0) is 13.1 Å². The first kappa shape index (κ1) is 21.5. The van der Waals surface area contributed by atoms with E-state index in [9.17, 15) is 14.4 Å². The summed E-state index contributed by atoms with van der Waals surface area (Å²) in [4.78, 5) is 19.6.